The summed E-state index contributed by atoms with van der Waals surface area (Å²) in [6.07, 6.45) is 2.34. The van der Waals surface area contributed by atoms with Gasteiger partial charge < -0.3 is 15.2 Å². The van der Waals surface area contributed by atoms with Gasteiger partial charge in [-0.05, 0) is 31.2 Å². The van der Waals surface area contributed by atoms with Crippen LogP contribution >= 0.6 is 0 Å². The number of amides is 1. The van der Waals surface area contributed by atoms with Crippen LogP contribution in [0.3, 0.4) is 0 Å². The summed E-state index contributed by atoms with van der Waals surface area (Å²) in [4.78, 5) is 33.0. The molecule has 1 aliphatic heterocycles. The van der Waals surface area contributed by atoms with Crippen LogP contribution in [0.5, 0.6) is 0 Å². The van der Waals surface area contributed by atoms with Crippen LogP contribution < -0.4 is 10.7 Å². The van der Waals surface area contributed by atoms with Crippen molar-refractivity contribution in [1.82, 2.24) is 20.1 Å². The monoisotopic (exact) mass is 404 g/mol. The molecule has 1 fully saturated rings. The molecule has 1 atom stereocenters. The van der Waals surface area contributed by atoms with Gasteiger partial charge in [-0.1, -0.05) is 42.5 Å². The number of benzene rings is 2. The van der Waals surface area contributed by atoms with E-state index in [0.717, 1.165) is 38.1 Å². The van der Waals surface area contributed by atoms with Crippen LogP contribution in [0.2, 0.25) is 0 Å². The van der Waals surface area contributed by atoms with Gasteiger partial charge in [0.05, 0.1) is 0 Å². The number of rotatable bonds is 6. The van der Waals surface area contributed by atoms with Gasteiger partial charge in [-0.25, -0.2) is 0 Å². The normalized spacial score (nSPS) is 17.8. The van der Waals surface area contributed by atoms with E-state index in [1.54, 1.807) is 12.1 Å². The summed E-state index contributed by atoms with van der Waals surface area (Å²) in [5.41, 5.74) is 2.00. The number of piperazine rings is 1. The molecule has 1 saturated heterocycles. The molecule has 3 aromatic rings. The number of nitrogens with zero attached hydrogens (tertiary/aromatic N) is 2. The standard InChI is InChI=1S/C24H28N4O2/c1-27-14-15-28(22(17-27)18-8-3-2-4-9-18)13-7-12-25-24(30)20-16-26-21-11-6-5-10-19(21)23(20)29/h2-6,8-11,16,22H,7,12-15,17H2,1H3,(H,25,30)(H,26,29). The number of hydrogen-bond acceptors (Lipinski definition) is 4. The fourth-order valence-corrected chi connectivity index (χ4v) is 4.13. The van der Waals surface area contributed by atoms with Gasteiger partial charge in [0.1, 0.15) is 5.56 Å². The first-order chi connectivity index (χ1) is 14.6. The van der Waals surface area contributed by atoms with E-state index in [1.165, 1.54) is 11.8 Å². The molecule has 2 aromatic carbocycles. The highest BCUT2D eigenvalue weighted by Gasteiger charge is 2.26. The van der Waals surface area contributed by atoms with Gasteiger partial charge in [0.25, 0.3) is 5.91 Å². The molecule has 0 bridgehead atoms. The highest BCUT2D eigenvalue weighted by molar-refractivity contribution is 5.97. The molecule has 30 heavy (non-hydrogen) atoms. The number of carbonyl (C=O) groups is 1. The molecule has 0 spiro atoms. The predicted molar refractivity (Wildman–Crippen MR) is 120 cm³/mol. The molecule has 1 aromatic heterocycles. The van der Waals surface area contributed by atoms with Crippen LogP contribution in [0.1, 0.15) is 28.4 Å². The highest BCUT2D eigenvalue weighted by Crippen LogP contribution is 2.24. The zero-order valence-electron chi connectivity index (χ0n) is 17.3. The minimum absolute atomic E-state index is 0.162. The van der Waals surface area contributed by atoms with Gasteiger partial charge in [-0.3, -0.25) is 14.5 Å². The van der Waals surface area contributed by atoms with Crippen molar-refractivity contribution in [2.24, 2.45) is 0 Å². The fraction of sp³-hybridized carbons (Fsp3) is 0.333. The Morgan fingerprint density at radius 1 is 1.10 bits per heavy atom. The third-order valence-corrected chi connectivity index (χ3v) is 5.82. The van der Waals surface area contributed by atoms with E-state index in [-0.39, 0.29) is 16.9 Å². The first-order valence-corrected chi connectivity index (χ1v) is 10.5. The second kappa shape index (κ2) is 9.24. The summed E-state index contributed by atoms with van der Waals surface area (Å²) in [6.45, 7) is 4.50. The lowest BCUT2D eigenvalue weighted by Gasteiger charge is -2.40. The molecule has 1 unspecified atom stereocenters. The molecule has 4 rings (SSSR count). The van der Waals surface area contributed by atoms with E-state index >= 15 is 0 Å². The van der Waals surface area contributed by atoms with Gasteiger partial charge in [0.15, 0.2) is 0 Å². The number of carbonyl (C=O) groups excluding carboxylic acids is 1. The average molecular weight is 405 g/mol. The minimum Gasteiger partial charge on any atom is -0.360 e. The number of para-hydroxylation sites is 1. The molecule has 6 heteroatoms. The van der Waals surface area contributed by atoms with E-state index in [1.807, 2.05) is 18.2 Å². The molecule has 0 saturated carbocycles. The van der Waals surface area contributed by atoms with Gasteiger partial charge in [0.2, 0.25) is 5.43 Å². The number of H-pyrrole nitrogens is 1. The Bertz CT molecular complexity index is 1060. The smallest absolute Gasteiger partial charge is 0.256 e. The van der Waals surface area contributed by atoms with Crippen molar-refractivity contribution in [2.45, 2.75) is 12.5 Å². The molecule has 1 aliphatic rings. The highest BCUT2D eigenvalue weighted by atomic mass is 16.2. The Kier molecular flexibility index (Phi) is 6.26. The van der Waals surface area contributed by atoms with E-state index in [9.17, 15) is 9.59 Å². The van der Waals surface area contributed by atoms with Gasteiger partial charge in [-0.2, -0.15) is 0 Å². The van der Waals surface area contributed by atoms with E-state index < -0.39 is 0 Å². The SMILES string of the molecule is CN1CCN(CCCNC(=O)c2c[nH]c3ccccc3c2=O)C(c2ccccc2)C1. The summed E-state index contributed by atoms with van der Waals surface area (Å²) in [7, 11) is 2.16. The summed E-state index contributed by atoms with van der Waals surface area (Å²) in [6, 6.07) is 18.2. The third kappa shape index (κ3) is 4.45. The number of fused-ring (bicyclic) bond motifs is 1. The summed E-state index contributed by atoms with van der Waals surface area (Å²) in [5.74, 6) is -0.319. The lowest BCUT2D eigenvalue weighted by Crippen LogP contribution is -2.47. The zero-order chi connectivity index (χ0) is 20.9. The van der Waals surface area contributed by atoms with Crippen LogP contribution in [-0.4, -0.2) is 60.5 Å². The van der Waals surface area contributed by atoms with Crippen molar-refractivity contribution >= 4 is 16.8 Å². The Labute approximate surface area is 176 Å². The molecule has 1 amide bonds. The second-order valence-electron chi connectivity index (χ2n) is 7.91. The van der Waals surface area contributed by atoms with Crippen molar-refractivity contribution in [3.05, 3.63) is 82.1 Å². The molecule has 0 aliphatic carbocycles. The lowest BCUT2D eigenvalue weighted by atomic mass is 10.0. The largest absolute Gasteiger partial charge is 0.360 e. The second-order valence-corrected chi connectivity index (χ2v) is 7.91. The van der Waals surface area contributed by atoms with Crippen molar-refractivity contribution in [3.8, 4) is 0 Å². The number of pyridine rings is 1. The van der Waals surface area contributed by atoms with E-state index in [4.69, 9.17) is 0 Å². The molecule has 2 heterocycles. The quantitative estimate of drug-likeness (QED) is 0.620. The predicted octanol–water partition coefficient (Wildman–Crippen LogP) is 2.64. The molecule has 0 radical (unpaired) electrons. The lowest BCUT2D eigenvalue weighted by molar-refractivity contribution is 0.0865. The number of hydrogen-bond donors (Lipinski definition) is 2. The first-order valence-electron chi connectivity index (χ1n) is 10.5. The summed E-state index contributed by atoms with van der Waals surface area (Å²) >= 11 is 0. The van der Waals surface area contributed by atoms with Gasteiger partial charge in [0, 0.05) is 55.9 Å². The van der Waals surface area contributed by atoms with Crippen molar-refractivity contribution < 1.29 is 4.79 Å². The fourth-order valence-electron chi connectivity index (χ4n) is 4.13. The Balaban J connectivity index is 1.34. The van der Waals surface area contributed by atoms with Crippen LogP contribution in [0.25, 0.3) is 10.9 Å². The maximum absolute atomic E-state index is 12.6. The van der Waals surface area contributed by atoms with Crippen molar-refractivity contribution in [3.63, 3.8) is 0 Å². The van der Waals surface area contributed by atoms with Crippen LogP contribution in [0.4, 0.5) is 0 Å². The van der Waals surface area contributed by atoms with Gasteiger partial charge in [-0.15, -0.1) is 0 Å². The zero-order valence-corrected chi connectivity index (χ0v) is 17.3. The Hall–Kier alpha value is -2.96. The molecule has 6 nitrogen and oxygen atoms in total. The Morgan fingerprint density at radius 3 is 2.70 bits per heavy atom. The number of nitrogens with one attached hydrogen (secondary N) is 2. The minimum atomic E-state index is -0.319. The summed E-state index contributed by atoms with van der Waals surface area (Å²) < 4.78 is 0. The van der Waals surface area contributed by atoms with Crippen LogP contribution in [0, 0.1) is 0 Å². The Morgan fingerprint density at radius 2 is 1.87 bits per heavy atom. The third-order valence-electron chi connectivity index (χ3n) is 5.82. The van der Waals surface area contributed by atoms with Crippen molar-refractivity contribution in [2.75, 3.05) is 39.8 Å². The number of aromatic amines is 1. The average Bonchev–Trinajstić information content (AvgIpc) is 2.78. The topological polar surface area (TPSA) is 68.4 Å². The molecule has 156 valence electrons. The molecular formula is C24H28N4O2. The molecular weight excluding hydrogens is 376 g/mol. The number of aromatic nitrogens is 1. The first kappa shape index (κ1) is 20.3. The van der Waals surface area contributed by atoms with Crippen LogP contribution in [-0.2, 0) is 0 Å². The maximum Gasteiger partial charge on any atom is 0.256 e. The summed E-state index contributed by atoms with van der Waals surface area (Å²) in [5, 5.41) is 3.45. The van der Waals surface area contributed by atoms with E-state index in [2.05, 4.69) is 51.4 Å². The van der Waals surface area contributed by atoms with E-state index in [0.29, 0.717) is 18.0 Å². The molecule has 2 N–H and O–H groups in total. The van der Waals surface area contributed by atoms with Gasteiger partial charge >= 0.3 is 0 Å². The van der Waals surface area contributed by atoms with Crippen molar-refractivity contribution in [1.29, 1.82) is 0 Å². The number of likely N-dealkylation sites (N-methyl/N-ethyl adjacent to an activating group) is 1. The van der Waals surface area contributed by atoms with Crippen LogP contribution in [0.15, 0.2) is 65.6 Å². The maximum atomic E-state index is 12.6.